The van der Waals surface area contributed by atoms with Crippen LogP contribution in [0.15, 0.2) is 24.3 Å². The maximum Gasteiger partial charge on any atom is 0.326 e. The molecule has 0 bridgehead atoms. The van der Waals surface area contributed by atoms with Crippen molar-refractivity contribution in [2.45, 2.75) is 44.9 Å². The molecule has 0 aliphatic carbocycles. The van der Waals surface area contributed by atoms with Gasteiger partial charge < -0.3 is 26.0 Å². The number of hydrogen-bond donors (Lipinski definition) is 3. The van der Waals surface area contributed by atoms with Crippen LogP contribution in [0.2, 0.25) is 0 Å². The molecule has 7 heteroatoms. The molecule has 7 nitrogen and oxygen atoms in total. The Balaban J connectivity index is 2.49. The molecule has 0 aliphatic rings. The quantitative estimate of drug-likeness (QED) is 0.630. The molecule has 1 aromatic carbocycles. The predicted octanol–water partition coefficient (Wildman–Crippen LogP) is 0.689. The van der Waals surface area contributed by atoms with Gasteiger partial charge in [-0.2, -0.15) is 0 Å². The van der Waals surface area contributed by atoms with Gasteiger partial charge >= 0.3 is 11.9 Å². The molecule has 128 valence electrons. The second-order valence-corrected chi connectivity index (χ2v) is 6.24. The second kappa shape index (κ2) is 7.94. The number of aliphatic carboxylic acids is 1. The van der Waals surface area contributed by atoms with E-state index >= 15 is 0 Å². The van der Waals surface area contributed by atoms with Crippen LogP contribution in [0.5, 0.6) is 5.75 Å². The molecule has 0 heterocycles. The van der Waals surface area contributed by atoms with Gasteiger partial charge in [0, 0.05) is 0 Å². The minimum atomic E-state index is -1.05. The van der Waals surface area contributed by atoms with E-state index < -0.39 is 29.6 Å². The Morgan fingerprint density at radius 1 is 1.13 bits per heavy atom. The highest BCUT2D eigenvalue weighted by atomic mass is 16.6. The molecule has 1 unspecified atom stereocenters. The Bertz CT molecular complexity index is 536. The summed E-state index contributed by atoms with van der Waals surface area (Å²) in [4.78, 5) is 22.4. The Labute approximate surface area is 135 Å². The number of benzene rings is 1. The van der Waals surface area contributed by atoms with Crippen molar-refractivity contribution in [1.82, 2.24) is 0 Å². The summed E-state index contributed by atoms with van der Waals surface area (Å²) < 4.78 is 10.6. The zero-order chi connectivity index (χ0) is 17.6. The summed E-state index contributed by atoms with van der Waals surface area (Å²) >= 11 is 0. The van der Waals surface area contributed by atoms with E-state index in [0.29, 0.717) is 5.75 Å². The molecule has 0 spiro atoms. The van der Waals surface area contributed by atoms with Crippen LogP contribution in [0.4, 0.5) is 0 Å². The fourth-order valence-corrected chi connectivity index (χ4v) is 1.69. The molecule has 0 saturated heterocycles. The zero-order valence-electron chi connectivity index (χ0n) is 13.6. The standard InChI is InChI=1S/C16H24N2O5/c1-16(2,3)23-15(21)13(18)9-22-11-6-4-10(5-7-11)8-12(17)14(19)20/h4-7,12-13H,8-9,17-18H2,1-3H3,(H,19,20)/t12-,13?/m0/s1. The third-order valence-corrected chi connectivity index (χ3v) is 2.84. The number of carbonyl (C=O) groups is 2. The largest absolute Gasteiger partial charge is 0.491 e. The van der Waals surface area contributed by atoms with Crippen molar-refractivity contribution in [3.8, 4) is 5.75 Å². The lowest BCUT2D eigenvalue weighted by molar-refractivity contribution is -0.157. The molecule has 0 aromatic heterocycles. The SMILES string of the molecule is CC(C)(C)OC(=O)C(N)COc1ccc(C[C@H](N)C(=O)O)cc1. The maximum atomic E-state index is 11.7. The van der Waals surface area contributed by atoms with Gasteiger partial charge in [-0.05, 0) is 44.9 Å². The highest BCUT2D eigenvalue weighted by Crippen LogP contribution is 2.14. The second-order valence-electron chi connectivity index (χ2n) is 6.24. The Kier molecular flexibility index (Phi) is 6.53. The number of carboxylic acids is 1. The summed E-state index contributed by atoms with van der Waals surface area (Å²) in [6.45, 7) is 5.28. The van der Waals surface area contributed by atoms with E-state index in [9.17, 15) is 9.59 Å². The Morgan fingerprint density at radius 3 is 2.17 bits per heavy atom. The molecule has 0 aliphatic heterocycles. The van der Waals surface area contributed by atoms with Gasteiger partial charge in [-0.25, -0.2) is 0 Å². The molecule has 0 saturated carbocycles. The van der Waals surface area contributed by atoms with Gasteiger partial charge in [0.15, 0.2) is 0 Å². The van der Waals surface area contributed by atoms with Crippen LogP contribution in [0, 0.1) is 0 Å². The Morgan fingerprint density at radius 2 is 1.70 bits per heavy atom. The van der Waals surface area contributed by atoms with Crippen LogP contribution in [0.25, 0.3) is 0 Å². The fourth-order valence-electron chi connectivity index (χ4n) is 1.69. The maximum absolute atomic E-state index is 11.7. The van der Waals surface area contributed by atoms with Gasteiger partial charge in [-0.1, -0.05) is 12.1 Å². The molecule has 0 radical (unpaired) electrons. The third kappa shape index (κ3) is 7.12. The predicted molar refractivity (Wildman–Crippen MR) is 85.1 cm³/mol. The van der Waals surface area contributed by atoms with Gasteiger partial charge in [0.2, 0.25) is 0 Å². The van der Waals surface area contributed by atoms with Gasteiger partial charge in [0.1, 0.15) is 30.0 Å². The van der Waals surface area contributed by atoms with E-state index in [2.05, 4.69) is 0 Å². The van der Waals surface area contributed by atoms with Crippen molar-refractivity contribution in [2.75, 3.05) is 6.61 Å². The van der Waals surface area contributed by atoms with Gasteiger partial charge in [-0.15, -0.1) is 0 Å². The normalized spacial score (nSPS) is 14.0. The number of esters is 1. The molecule has 1 aromatic rings. The van der Waals surface area contributed by atoms with Crippen molar-refractivity contribution in [1.29, 1.82) is 0 Å². The van der Waals surface area contributed by atoms with E-state index in [1.54, 1.807) is 45.0 Å². The lowest BCUT2D eigenvalue weighted by atomic mass is 10.1. The summed E-state index contributed by atoms with van der Waals surface area (Å²) in [7, 11) is 0. The molecule has 1 rings (SSSR count). The lowest BCUT2D eigenvalue weighted by Gasteiger charge is -2.22. The van der Waals surface area contributed by atoms with E-state index in [1.807, 2.05) is 0 Å². The number of hydrogen-bond acceptors (Lipinski definition) is 6. The molecular formula is C16H24N2O5. The van der Waals surface area contributed by atoms with E-state index in [0.717, 1.165) is 5.56 Å². The summed E-state index contributed by atoms with van der Waals surface area (Å²) in [6.07, 6.45) is 0.229. The smallest absolute Gasteiger partial charge is 0.326 e. The molecular weight excluding hydrogens is 300 g/mol. The first-order valence-electron chi connectivity index (χ1n) is 7.27. The van der Waals surface area contributed by atoms with Gasteiger partial charge in [-0.3, -0.25) is 9.59 Å². The fraction of sp³-hybridized carbons (Fsp3) is 0.500. The highest BCUT2D eigenvalue weighted by Gasteiger charge is 2.22. The van der Waals surface area contributed by atoms with E-state index in [4.69, 9.17) is 26.0 Å². The van der Waals surface area contributed by atoms with Crippen molar-refractivity contribution in [2.24, 2.45) is 11.5 Å². The monoisotopic (exact) mass is 324 g/mol. The van der Waals surface area contributed by atoms with Crippen LogP contribution in [-0.4, -0.2) is 41.3 Å². The number of rotatable bonds is 7. The van der Waals surface area contributed by atoms with Crippen molar-refractivity contribution < 1.29 is 24.2 Å². The number of ether oxygens (including phenoxy) is 2. The van der Waals surface area contributed by atoms with Crippen LogP contribution in [0.1, 0.15) is 26.3 Å². The number of nitrogens with two attached hydrogens (primary N) is 2. The number of carboxylic acid groups (broad SMARTS) is 1. The Hall–Kier alpha value is -2.12. The lowest BCUT2D eigenvalue weighted by Crippen LogP contribution is -2.41. The van der Waals surface area contributed by atoms with Crippen molar-refractivity contribution in [3.63, 3.8) is 0 Å². The van der Waals surface area contributed by atoms with E-state index in [-0.39, 0.29) is 13.0 Å². The first-order chi connectivity index (χ1) is 10.6. The third-order valence-electron chi connectivity index (χ3n) is 2.84. The number of carbonyl (C=O) groups excluding carboxylic acids is 1. The zero-order valence-corrected chi connectivity index (χ0v) is 13.6. The average Bonchev–Trinajstić information content (AvgIpc) is 2.44. The van der Waals surface area contributed by atoms with Crippen molar-refractivity contribution in [3.05, 3.63) is 29.8 Å². The summed E-state index contributed by atoms with van der Waals surface area (Å²) in [5.41, 5.74) is 11.4. The minimum absolute atomic E-state index is 0.0110. The summed E-state index contributed by atoms with van der Waals surface area (Å²) in [5, 5.41) is 8.77. The first-order valence-corrected chi connectivity index (χ1v) is 7.27. The molecule has 23 heavy (non-hydrogen) atoms. The highest BCUT2D eigenvalue weighted by molar-refractivity contribution is 5.76. The van der Waals surface area contributed by atoms with Crippen molar-refractivity contribution >= 4 is 11.9 Å². The summed E-state index contributed by atoms with van der Waals surface area (Å²) in [6, 6.07) is 4.96. The van der Waals surface area contributed by atoms with Gasteiger partial charge in [0.05, 0.1) is 0 Å². The van der Waals surface area contributed by atoms with Crippen LogP contribution in [0.3, 0.4) is 0 Å². The molecule has 5 N–H and O–H groups in total. The topological polar surface area (TPSA) is 125 Å². The average molecular weight is 324 g/mol. The minimum Gasteiger partial charge on any atom is -0.491 e. The molecule has 0 amide bonds. The first kappa shape index (κ1) is 18.9. The van der Waals surface area contributed by atoms with Gasteiger partial charge in [0.25, 0.3) is 0 Å². The van der Waals surface area contributed by atoms with E-state index in [1.165, 1.54) is 0 Å². The van der Waals surface area contributed by atoms with Crippen LogP contribution < -0.4 is 16.2 Å². The molecule has 0 fully saturated rings. The van der Waals surface area contributed by atoms with Crippen LogP contribution in [-0.2, 0) is 20.7 Å². The van der Waals surface area contributed by atoms with Crippen LogP contribution >= 0.6 is 0 Å². The molecule has 2 atom stereocenters. The summed E-state index contributed by atoms with van der Waals surface area (Å²) in [5.74, 6) is -1.05.